The number of nitrogens with zero attached hydrogens (tertiary/aromatic N) is 6. The zero-order valence-corrected chi connectivity index (χ0v) is 17.9. The van der Waals surface area contributed by atoms with Gasteiger partial charge in [-0.3, -0.25) is 9.69 Å². The van der Waals surface area contributed by atoms with Gasteiger partial charge in [-0.15, -0.1) is 0 Å². The van der Waals surface area contributed by atoms with E-state index in [9.17, 15) is 4.79 Å². The summed E-state index contributed by atoms with van der Waals surface area (Å²) in [5.74, 6) is -0.160. The van der Waals surface area contributed by atoms with Gasteiger partial charge in [0.15, 0.2) is 0 Å². The molecule has 1 aromatic carbocycles. The number of nitrogens with one attached hydrogen (secondary N) is 1. The molecule has 31 heavy (non-hydrogen) atoms. The van der Waals surface area contributed by atoms with E-state index in [2.05, 4.69) is 73.3 Å². The van der Waals surface area contributed by atoms with Crippen LogP contribution in [0.4, 0.5) is 5.69 Å². The molecule has 162 valence electrons. The van der Waals surface area contributed by atoms with Gasteiger partial charge in [0, 0.05) is 50.6 Å². The number of benzene rings is 1. The lowest BCUT2D eigenvalue weighted by atomic mass is 10.1. The maximum absolute atomic E-state index is 12.3. The Hall–Kier alpha value is -3.33. The number of hydrogen-bond donors (Lipinski definition) is 1. The summed E-state index contributed by atoms with van der Waals surface area (Å²) in [4.78, 5) is 29.2. The van der Waals surface area contributed by atoms with Crippen molar-refractivity contribution in [3.8, 4) is 11.5 Å². The van der Waals surface area contributed by atoms with Crippen molar-refractivity contribution in [1.29, 1.82) is 0 Å². The molecule has 0 bridgehead atoms. The Bertz CT molecular complexity index is 1010. The molecule has 1 fully saturated rings. The van der Waals surface area contributed by atoms with Crippen LogP contribution in [0.15, 0.2) is 47.4 Å². The van der Waals surface area contributed by atoms with Crippen molar-refractivity contribution >= 4 is 11.6 Å². The quantitative estimate of drug-likeness (QED) is 0.580. The van der Waals surface area contributed by atoms with Crippen LogP contribution in [0.3, 0.4) is 0 Å². The summed E-state index contributed by atoms with van der Waals surface area (Å²) in [7, 11) is 0. The summed E-state index contributed by atoms with van der Waals surface area (Å²) < 4.78 is 5.06. The van der Waals surface area contributed by atoms with Crippen molar-refractivity contribution in [1.82, 2.24) is 30.3 Å². The van der Waals surface area contributed by atoms with Crippen molar-refractivity contribution < 1.29 is 9.32 Å². The van der Waals surface area contributed by atoms with Crippen LogP contribution in [0.5, 0.6) is 0 Å². The molecule has 1 unspecified atom stereocenters. The molecular weight excluding hydrogens is 394 g/mol. The fraction of sp³-hybridized carbons (Fsp3) is 0.409. The molecule has 9 nitrogen and oxygen atoms in total. The Kier molecular flexibility index (Phi) is 6.51. The summed E-state index contributed by atoms with van der Waals surface area (Å²) in [6, 6.07) is 10.8. The van der Waals surface area contributed by atoms with Crippen LogP contribution in [-0.4, -0.2) is 69.7 Å². The molecule has 1 saturated heterocycles. The number of rotatable bonds is 7. The van der Waals surface area contributed by atoms with Crippen LogP contribution >= 0.6 is 0 Å². The summed E-state index contributed by atoms with van der Waals surface area (Å²) in [6.07, 6.45) is 3.83. The summed E-state index contributed by atoms with van der Waals surface area (Å²) in [6.45, 7) is 8.89. The van der Waals surface area contributed by atoms with Gasteiger partial charge in [-0.2, -0.15) is 4.98 Å². The normalized spacial score (nSPS) is 17.0. The second kappa shape index (κ2) is 9.65. The number of piperazine rings is 1. The molecule has 1 amide bonds. The Morgan fingerprint density at radius 3 is 2.97 bits per heavy atom. The van der Waals surface area contributed by atoms with E-state index in [0.717, 1.165) is 32.6 Å². The lowest BCUT2D eigenvalue weighted by molar-refractivity contribution is 0.0906. The van der Waals surface area contributed by atoms with Gasteiger partial charge in [-0.25, -0.2) is 9.97 Å². The minimum atomic E-state index is -0.370. The van der Waals surface area contributed by atoms with Crippen molar-refractivity contribution in [2.75, 3.05) is 37.6 Å². The van der Waals surface area contributed by atoms with E-state index in [-0.39, 0.29) is 17.6 Å². The van der Waals surface area contributed by atoms with E-state index in [1.807, 2.05) is 0 Å². The highest BCUT2D eigenvalue weighted by molar-refractivity contribution is 5.89. The first-order chi connectivity index (χ1) is 15.1. The molecule has 1 aliphatic heterocycles. The third-order valence-corrected chi connectivity index (χ3v) is 5.47. The number of carbonyl (C=O) groups is 1. The van der Waals surface area contributed by atoms with Crippen LogP contribution in [0.2, 0.25) is 0 Å². The lowest BCUT2D eigenvalue weighted by Gasteiger charge is -2.41. The van der Waals surface area contributed by atoms with Crippen molar-refractivity contribution in [2.45, 2.75) is 26.3 Å². The highest BCUT2D eigenvalue weighted by Gasteiger charge is 2.23. The Balaban J connectivity index is 1.21. The monoisotopic (exact) mass is 421 g/mol. The molecule has 3 aromatic rings. The van der Waals surface area contributed by atoms with Crippen LogP contribution in [0.25, 0.3) is 11.5 Å². The summed E-state index contributed by atoms with van der Waals surface area (Å²) >= 11 is 0. The second-order valence-electron chi connectivity index (χ2n) is 7.80. The average molecular weight is 422 g/mol. The first-order valence-electron chi connectivity index (χ1n) is 10.5. The average Bonchev–Trinajstić information content (AvgIpc) is 3.28. The number of anilines is 1. The van der Waals surface area contributed by atoms with E-state index >= 15 is 0 Å². The van der Waals surface area contributed by atoms with E-state index < -0.39 is 0 Å². The zero-order chi connectivity index (χ0) is 21.6. The second-order valence-corrected chi connectivity index (χ2v) is 7.80. The van der Waals surface area contributed by atoms with Crippen LogP contribution in [0.1, 0.15) is 29.6 Å². The van der Waals surface area contributed by atoms with E-state index in [4.69, 9.17) is 4.52 Å². The number of aryl methyl sites for hydroxylation is 1. The molecule has 0 saturated carbocycles. The van der Waals surface area contributed by atoms with Gasteiger partial charge >= 0.3 is 11.8 Å². The lowest BCUT2D eigenvalue weighted by Crippen LogP contribution is -2.52. The molecule has 0 aliphatic carbocycles. The van der Waals surface area contributed by atoms with E-state index in [1.54, 1.807) is 12.3 Å². The Labute approximate surface area is 181 Å². The van der Waals surface area contributed by atoms with Gasteiger partial charge in [-0.1, -0.05) is 17.3 Å². The van der Waals surface area contributed by atoms with Gasteiger partial charge in [0.1, 0.15) is 12.0 Å². The maximum atomic E-state index is 12.3. The first-order valence-corrected chi connectivity index (χ1v) is 10.5. The SMILES string of the molecule is Cc1cccc(N2CCN(CCCNC(=O)c3nc(-c4ccncn4)no3)C(C)C2)c1. The standard InChI is InChI=1S/C22H27N7O2/c1-16-5-3-6-18(13-16)29-12-11-28(17(2)14-29)10-4-8-24-21(30)22-26-20(27-31-22)19-7-9-23-15-25-19/h3,5-7,9,13,15,17H,4,8,10-12,14H2,1-2H3,(H,24,30). The van der Waals surface area contributed by atoms with Crippen molar-refractivity contribution in [3.63, 3.8) is 0 Å². The molecule has 1 atom stereocenters. The largest absolute Gasteiger partial charge is 0.369 e. The van der Waals surface area contributed by atoms with Gasteiger partial charge in [0.05, 0.1) is 0 Å². The molecule has 2 aromatic heterocycles. The van der Waals surface area contributed by atoms with Crippen molar-refractivity contribution in [2.24, 2.45) is 0 Å². The minimum absolute atomic E-state index is 0.0613. The molecule has 1 aliphatic rings. The van der Waals surface area contributed by atoms with Gasteiger partial charge in [-0.05, 0) is 44.0 Å². The third kappa shape index (κ3) is 5.24. The molecule has 4 rings (SSSR count). The van der Waals surface area contributed by atoms with Gasteiger partial charge < -0.3 is 14.7 Å². The summed E-state index contributed by atoms with van der Waals surface area (Å²) in [5.41, 5.74) is 3.09. The van der Waals surface area contributed by atoms with Gasteiger partial charge in [0.2, 0.25) is 5.82 Å². The maximum Gasteiger partial charge on any atom is 0.316 e. The Morgan fingerprint density at radius 1 is 1.29 bits per heavy atom. The zero-order valence-electron chi connectivity index (χ0n) is 17.9. The predicted octanol–water partition coefficient (Wildman–Crippen LogP) is 2.17. The minimum Gasteiger partial charge on any atom is -0.369 e. The smallest absolute Gasteiger partial charge is 0.316 e. The van der Waals surface area contributed by atoms with Crippen LogP contribution < -0.4 is 10.2 Å². The number of aromatic nitrogens is 4. The first kappa shape index (κ1) is 20.9. The Morgan fingerprint density at radius 2 is 2.19 bits per heavy atom. The predicted molar refractivity (Wildman–Crippen MR) is 117 cm³/mol. The topological polar surface area (TPSA) is 100 Å². The fourth-order valence-corrected chi connectivity index (χ4v) is 3.79. The highest BCUT2D eigenvalue weighted by atomic mass is 16.5. The van der Waals surface area contributed by atoms with Gasteiger partial charge in [0.25, 0.3) is 0 Å². The molecule has 0 radical (unpaired) electrons. The molecule has 3 heterocycles. The summed E-state index contributed by atoms with van der Waals surface area (Å²) in [5, 5.41) is 6.66. The highest BCUT2D eigenvalue weighted by Crippen LogP contribution is 2.20. The van der Waals surface area contributed by atoms with Crippen molar-refractivity contribution in [3.05, 3.63) is 54.3 Å². The van der Waals surface area contributed by atoms with Crippen LogP contribution in [-0.2, 0) is 0 Å². The molecule has 0 spiro atoms. The van der Waals surface area contributed by atoms with Crippen LogP contribution in [0, 0.1) is 6.92 Å². The van der Waals surface area contributed by atoms with E-state index in [0.29, 0.717) is 18.3 Å². The molecule has 9 heteroatoms. The fourth-order valence-electron chi connectivity index (χ4n) is 3.79. The number of amides is 1. The number of carbonyl (C=O) groups excluding carboxylic acids is 1. The van der Waals surface area contributed by atoms with E-state index in [1.165, 1.54) is 17.6 Å². The third-order valence-electron chi connectivity index (χ3n) is 5.47. The molecular formula is C22H27N7O2. The molecule has 1 N–H and O–H groups in total. The number of hydrogen-bond acceptors (Lipinski definition) is 8.